The minimum atomic E-state index is -0.0785. The number of aliphatic imine (C=N–C) groups is 2. The van der Waals surface area contributed by atoms with Gasteiger partial charge in [-0.3, -0.25) is 20.2 Å². The third kappa shape index (κ3) is 3.94. The smallest absolute Gasteiger partial charge is 0.249 e. The van der Waals surface area contributed by atoms with Crippen molar-refractivity contribution in [2.45, 2.75) is 47.6 Å². The van der Waals surface area contributed by atoms with Crippen LogP contribution in [0, 0.1) is 0 Å². The molecule has 4 fully saturated rings. The first-order chi connectivity index (χ1) is 16.7. The van der Waals surface area contributed by atoms with Gasteiger partial charge in [-0.05, 0) is 49.9 Å². The molecule has 2 aromatic rings. The zero-order chi connectivity index (χ0) is 23.1. The van der Waals surface area contributed by atoms with E-state index in [1.807, 2.05) is 48.5 Å². The summed E-state index contributed by atoms with van der Waals surface area (Å²) in [6.45, 7) is 1.71. The molecule has 0 spiro atoms. The summed E-state index contributed by atoms with van der Waals surface area (Å²) in [5, 5.41) is 5.88. The van der Waals surface area contributed by atoms with E-state index in [-0.39, 0.29) is 23.9 Å². The molecule has 0 bridgehead atoms. The molecule has 0 unspecified atom stereocenters. The second kappa shape index (κ2) is 8.99. The highest BCUT2D eigenvalue weighted by Gasteiger charge is 2.41. The average molecular weight is 493 g/mol. The molecule has 4 aliphatic rings. The van der Waals surface area contributed by atoms with Crippen LogP contribution in [0.1, 0.15) is 25.7 Å². The summed E-state index contributed by atoms with van der Waals surface area (Å²) in [5.74, 6) is 1.38. The number of carbonyl (C=O) groups is 2. The number of hydrogen-bond donors (Lipinski definition) is 2. The number of amides is 2. The van der Waals surface area contributed by atoms with Crippen LogP contribution in [0.4, 0.5) is 11.4 Å². The lowest BCUT2D eigenvalue weighted by molar-refractivity contribution is -0.121. The van der Waals surface area contributed by atoms with Crippen molar-refractivity contribution in [1.82, 2.24) is 20.4 Å². The van der Waals surface area contributed by atoms with Crippen LogP contribution < -0.4 is 10.6 Å². The molecule has 6 rings (SSSR count). The van der Waals surface area contributed by atoms with Crippen LogP contribution in [0.5, 0.6) is 0 Å². The predicted octanol–water partition coefficient (Wildman–Crippen LogP) is 3.65. The van der Waals surface area contributed by atoms with Crippen molar-refractivity contribution in [2.75, 3.05) is 13.1 Å². The molecule has 4 saturated heterocycles. The average Bonchev–Trinajstić information content (AvgIpc) is 3.61. The van der Waals surface area contributed by atoms with Gasteiger partial charge in [-0.15, -0.1) is 0 Å². The Morgan fingerprint density at radius 2 is 1.15 bits per heavy atom. The molecule has 2 aromatic carbocycles. The molecule has 34 heavy (non-hydrogen) atoms. The quantitative estimate of drug-likeness (QED) is 0.620. The van der Waals surface area contributed by atoms with Gasteiger partial charge in [0, 0.05) is 22.9 Å². The molecular formula is C24H24N6O2S2. The number of benzene rings is 2. The molecule has 174 valence electrons. The first-order valence-electron chi connectivity index (χ1n) is 11.5. The van der Waals surface area contributed by atoms with Crippen molar-refractivity contribution in [1.29, 1.82) is 0 Å². The molecule has 2 N–H and O–H groups in total. The lowest BCUT2D eigenvalue weighted by Gasteiger charge is -2.15. The van der Waals surface area contributed by atoms with E-state index in [4.69, 9.17) is 9.98 Å². The third-order valence-electron chi connectivity index (χ3n) is 6.53. The largest absolute Gasteiger partial charge is 0.330 e. The summed E-state index contributed by atoms with van der Waals surface area (Å²) >= 11 is 0. The molecule has 2 atom stereocenters. The van der Waals surface area contributed by atoms with E-state index >= 15 is 0 Å². The van der Waals surface area contributed by atoms with E-state index in [2.05, 4.69) is 20.4 Å². The maximum Gasteiger partial charge on any atom is 0.249 e. The van der Waals surface area contributed by atoms with Crippen LogP contribution in [0.3, 0.4) is 0 Å². The Labute approximate surface area is 205 Å². The molecule has 0 saturated carbocycles. The summed E-state index contributed by atoms with van der Waals surface area (Å²) in [7, 11) is 3.22. The fourth-order valence-corrected chi connectivity index (χ4v) is 7.09. The predicted molar refractivity (Wildman–Crippen MR) is 135 cm³/mol. The molecule has 4 heterocycles. The molecular weight excluding hydrogens is 468 g/mol. The number of fused-ring (bicyclic) bond motifs is 2. The highest BCUT2D eigenvalue weighted by molar-refractivity contribution is 8.76. The number of carbonyl (C=O) groups excluding carboxylic acids is 2. The standard InChI is InChI=1S/C24H24N6O2S2/c31-21-17-9-5-13-29(17)23(27-21)25-15-7-1-3-11-19(15)33-34-20-12-4-2-8-16(20)26-24-28-22(32)18-10-6-14-30(18)24/h1-4,7-8,11-12,17-18H,5-6,9-10,13-14H2,(H,25,27,31)(H,26,28,32)/t17-,18-/m0/s1. The van der Waals surface area contributed by atoms with Gasteiger partial charge in [-0.25, -0.2) is 9.98 Å². The fraction of sp³-hybridized carbons (Fsp3) is 0.333. The van der Waals surface area contributed by atoms with Gasteiger partial charge in [0.25, 0.3) is 0 Å². The SMILES string of the molecule is O=C1NC(=Nc2ccccc2SSc2ccccc2N=C2NC(=O)[C@@H]3CCCN23)N2CCC[C@@H]12. The number of nitrogens with zero attached hydrogens (tertiary/aromatic N) is 4. The zero-order valence-corrected chi connectivity index (χ0v) is 20.1. The molecule has 0 radical (unpaired) electrons. The second-order valence-corrected chi connectivity index (χ2v) is 10.9. The van der Waals surface area contributed by atoms with Crippen molar-refractivity contribution < 1.29 is 9.59 Å². The van der Waals surface area contributed by atoms with Gasteiger partial charge in [0.2, 0.25) is 23.7 Å². The van der Waals surface area contributed by atoms with Gasteiger partial charge < -0.3 is 9.80 Å². The van der Waals surface area contributed by atoms with E-state index in [9.17, 15) is 9.59 Å². The van der Waals surface area contributed by atoms with Crippen LogP contribution in [-0.2, 0) is 9.59 Å². The van der Waals surface area contributed by atoms with E-state index in [1.54, 1.807) is 21.6 Å². The lowest BCUT2D eigenvalue weighted by atomic mass is 10.2. The topological polar surface area (TPSA) is 89.4 Å². The summed E-state index contributed by atoms with van der Waals surface area (Å²) in [6, 6.07) is 15.8. The molecule has 0 aromatic heterocycles. The summed E-state index contributed by atoms with van der Waals surface area (Å²) in [4.78, 5) is 40.3. The van der Waals surface area contributed by atoms with Gasteiger partial charge >= 0.3 is 0 Å². The normalized spacial score (nSPS) is 25.8. The fourth-order valence-electron chi connectivity index (χ4n) is 4.86. The Balaban J connectivity index is 1.23. The molecule has 10 heteroatoms. The van der Waals surface area contributed by atoms with E-state index in [0.29, 0.717) is 11.9 Å². The Morgan fingerprint density at radius 3 is 1.62 bits per heavy atom. The van der Waals surface area contributed by atoms with Gasteiger partial charge in [0.05, 0.1) is 11.4 Å². The monoisotopic (exact) mass is 492 g/mol. The summed E-state index contributed by atoms with van der Waals surface area (Å²) in [6.07, 6.45) is 3.80. The second-order valence-electron chi connectivity index (χ2n) is 8.65. The van der Waals surface area contributed by atoms with Crippen molar-refractivity contribution in [2.24, 2.45) is 9.98 Å². The van der Waals surface area contributed by atoms with E-state index < -0.39 is 0 Å². The van der Waals surface area contributed by atoms with Crippen LogP contribution in [0.25, 0.3) is 0 Å². The Kier molecular flexibility index (Phi) is 5.70. The van der Waals surface area contributed by atoms with Crippen LogP contribution in [0.15, 0.2) is 68.3 Å². The molecule has 0 aliphatic carbocycles. The number of hydrogen-bond acceptors (Lipinski definition) is 6. The Hall–Kier alpha value is -2.98. The minimum Gasteiger partial charge on any atom is -0.330 e. The van der Waals surface area contributed by atoms with Crippen LogP contribution >= 0.6 is 21.6 Å². The number of rotatable bonds is 5. The van der Waals surface area contributed by atoms with Crippen LogP contribution in [-0.4, -0.2) is 58.7 Å². The van der Waals surface area contributed by atoms with Gasteiger partial charge in [0.15, 0.2) is 0 Å². The van der Waals surface area contributed by atoms with Gasteiger partial charge in [-0.2, -0.15) is 0 Å². The zero-order valence-electron chi connectivity index (χ0n) is 18.4. The number of para-hydroxylation sites is 2. The maximum absolute atomic E-state index is 12.2. The van der Waals surface area contributed by atoms with E-state index in [1.165, 1.54) is 0 Å². The minimum absolute atomic E-state index is 0.0445. The molecule has 2 amide bonds. The highest BCUT2D eigenvalue weighted by Crippen LogP contribution is 2.45. The molecule has 4 aliphatic heterocycles. The van der Waals surface area contributed by atoms with Crippen molar-refractivity contribution in [3.63, 3.8) is 0 Å². The maximum atomic E-state index is 12.2. The van der Waals surface area contributed by atoms with Crippen molar-refractivity contribution in [3.8, 4) is 0 Å². The van der Waals surface area contributed by atoms with E-state index in [0.717, 1.165) is 59.9 Å². The Bertz CT molecular complexity index is 1120. The third-order valence-corrected chi connectivity index (χ3v) is 8.99. The van der Waals surface area contributed by atoms with Gasteiger partial charge in [0.1, 0.15) is 12.1 Å². The van der Waals surface area contributed by atoms with Crippen molar-refractivity contribution >= 4 is 56.7 Å². The van der Waals surface area contributed by atoms with Crippen LogP contribution in [0.2, 0.25) is 0 Å². The first kappa shape index (κ1) is 21.5. The molecule has 8 nitrogen and oxygen atoms in total. The van der Waals surface area contributed by atoms with Crippen molar-refractivity contribution in [3.05, 3.63) is 48.5 Å². The number of nitrogens with one attached hydrogen (secondary N) is 2. The lowest BCUT2D eigenvalue weighted by Crippen LogP contribution is -2.30. The summed E-state index contributed by atoms with van der Waals surface area (Å²) in [5.41, 5.74) is 1.66. The summed E-state index contributed by atoms with van der Waals surface area (Å²) < 4.78 is 0. The Morgan fingerprint density at radius 1 is 0.706 bits per heavy atom. The number of guanidine groups is 2. The highest BCUT2D eigenvalue weighted by atomic mass is 33.1. The van der Waals surface area contributed by atoms with Gasteiger partial charge in [-0.1, -0.05) is 45.9 Å². The first-order valence-corrected chi connectivity index (χ1v) is 13.7.